The molecular formula is C15H21N. The van der Waals surface area contributed by atoms with Crippen molar-refractivity contribution in [2.24, 2.45) is 0 Å². The molecular weight excluding hydrogens is 194 g/mol. The normalized spacial score (nSPS) is 9.62. The van der Waals surface area contributed by atoms with E-state index in [9.17, 15) is 0 Å². The first-order chi connectivity index (χ1) is 7.79. The maximum absolute atomic E-state index is 3.44. The second-order valence-corrected chi connectivity index (χ2v) is 4.15. The minimum Gasteiger partial charge on any atom is -0.313 e. The molecule has 0 bridgehead atoms. The fourth-order valence-corrected chi connectivity index (χ4v) is 1.43. The second kappa shape index (κ2) is 7.92. The van der Waals surface area contributed by atoms with Crippen molar-refractivity contribution in [3.05, 3.63) is 53.3 Å². The van der Waals surface area contributed by atoms with E-state index >= 15 is 0 Å². The van der Waals surface area contributed by atoms with E-state index < -0.39 is 0 Å². The van der Waals surface area contributed by atoms with Gasteiger partial charge in [-0.15, -0.1) is 5.73 Å². The first kappa shape index (κ1) is 12.8. The Morgan fingerprint density at radius 1 is 1.25 bits per heavy atom. The number of allylic oxidation sites excluding steroid dienone is 1. The van der Waals surface area contributed by atoms with E-state index in [-0.39, 0.29) is 0 Å². The standard InChI is InChI=1S/C15H21N/c1-14(2)9-5-4-8-12-16-13-15-10-6-3-7-11-15/h3,5-7,10-11,16H,4,8,12-13H2,1-2H3. The Hall–Kier alpha value is -1.30. The van der Waals surface area contributed by atoms with Crippen LogP contribution in [0.25, 0.3) is 0 Å². The third-order valence-corrected chi connectivity index (χ3v) is 2.26. The van der Waals surface area contributed by atoms with Crippen LogP contribution in [0.2, 0.25) is 0 Å². The molecule has 0 aliphatic rings. The van der Waals surface area contributed by atoms with E-state index in [0.29, 0.717) is 0 Å². The van der Waals surface area contributed by atoms with Crippen LogP contribution < -0.4 is 5.32 Å². The molecule has 0 spiro atoms. The molecule has 0 fully saturated rings. The SMILES string of the molecule is CC(C)=C=CCCCNCc1ccccc1. The van der Waals surface area contributed by atoms with Crippen molar-refractivity contribution >= 4 is 0 Å². The Bertz CT molecular complexity index is 341. The summed E-state index contributed by atoms with van der Waals surface area (Å²) in [6.45, 7) is 6.18. The van der Waals surface area contributed by atoms with Crippen LogP contribution in [-0.2, 0) is 6.54 Å². The summed E-state index contributed by atoms with van der Waals surface area (Å²) >= 11 is 0. The Labute approximate surface area is 98.9 Å². The summed E-state index contributed by atoms with van der Waals surface area (Å²) < 4.78 is 0. The molecule has 0 aliphatic carbocycles. The molecule has 0 unspecified atom stereocenters. The summed E-state index contributed by atoms with van der Waals surface area (Å²) in [6, 6.07) is 10.5. The fraction of sp³-hybridized carbons (Fsp3) is 0.400. The Morgan fingerprint density at radius 3 is 2.69 bits per heavy atom. The van der Waals surface area contributed by atoms with E-state index in [4.69, 9.17) is 0 Å². The largest absolute Gasteiger partial charge is 0.313 e. The molecule has 0 aromatic heterocycles. The van der Waals surface area contributed by atoms with Crippen molar-refractivity contribution in [2.45, 2.75) is 33.2 Å². The number of nitrogens with one attached hydrogen (secondary N) is 1. The lowest BCUT2D eigenvalue weighted by atomic mass is 10.2. The predicted molar refractivity (Wildman–Crippen MR) is 70.3 cm³/mol. The van der Waals surface area contributed by atoms with Crippen LogP contribution in [0.1, 0.15) is 32.3 Å². The molecule has 1 rings (SSSR count). The smallest absolute Gasteiger partial charge is 0.0205 e. The third kappa shape index (κ3) is 6.23. The van der Waals surface area contributed by atoms with Gasteiger partial charge in [-0.2, -0.15) is 0 Å². The van der Waals surface area contributed by atoms with Crippen LogP contribution in [-0.4, -0.2) is 6.54 Å². The van der Waals surface area contributed by atoms with Gasteiger partial charge in [0.2, 0.25) is 0 Å². The van der Waals surface area contributed by atoms with Crippen LogP contribution in [0.15, 0.2) is 47.7 Å². The maximum atomic E-state index is 3.44. The monoisotopic (exact) mass is 215 g/mol. The van der Waals surface area contributed by atoms with E-state index in [1.165, 1.54) is 17.6 Å². The highest BCUT2D eigenvalue weighted by Crippen LogP contribution is 1.97. The zero-order valence-corrected chi connectivity index (χ0v) is 10.3. The molecule has 0 heterocycles. The van der Waals surface area contributed by atoms with E-state index in [1.807, 2.05) is 6.07 Å². The minimum atomic E-state index is 0.965. The van der Waals surface area contributed by atoms with Crippen LogP contribution in [0, 0.1) is 0 Å². The van der Waals surface area contributed by atoms with E-state index in [1.54, 1.807) is 0 Å². The van der Waals surface area contributed by atoms with Gasteiger partial charge in [0, 0.05) is 6.54 Å². The first-order valence-electron chi connectivity index (χ1n) is 5.92. The average Bonchev–Trinajstić information content (AvgIpc) is 2.29. The van der Waals surface area contributed by atoms with Crippen molar-refractivity contribution in [1.29, 1.82) is 0 Å². The lowest BCUT2D eigenvalue weighted by Crippen LogP contribution is -2.14. The average molecular weight is 215 g/mol. The highest BCUT2D eigenvalue weighted by atomic mass is 14.8. The van der Waals surface area contributed by atoms with Crippen molar-refractivity contribution in [3.63, 3.8) is 0 Å². The number of rotatable bonds is 6. The molecule has 0 saturated carbocycles. The third-order valence-electron chi connectivity index (χ3n) is 2.26. The summed E-state index contributed by atoms with van der Waals surface area (Å²) in [5, 5.41) is 3.44. The van der Waals surface area contributed by atoms with Gasteiger partial charge in [0.05, 0.1) is 0 Å². The van der Waals surface area contributed by atoms with Gasteiger partial charge < -0.3 is 5.32 Å². The zero-order chi connectivity index (χ0) is 11.6. The molecule has 86 valence electrons. The highest BCUT2D eigenvalue weighted by molar-refractivity contribution is 5.14. The summed E-state index contributed by atoms with van der Waals surface area (Å²) in [4.78, 5) is 0. The van der Waals surface area contributed by atoms with Gasteiger partial charge in [-0.3, -0.25) is 0 Å². The van der Waals surface area contributed by atoms with Crippen molar-refractivity contribution < 1.29 is 0 Å². The van der Waals surface area contributed by atoms with Crippen molar-refractivity contribution in [1.82, 2.24) is 5.32 Å². The quantitative estimate of drug-likeness (QED) is 0.564. The molecule has 0 atom stereocenters. The predicted octanol–water partition coefficient (Wildman–Crippen LogP) is 3.68. The Kier molecular flexibility index (Phi) is 6.32. The zero-order valence-electron chi connectivity index (χ0n) is 10.3. The molecule has 16 heavy (non-hydrogen) atoms. The second-order valence-electron chi connectivity index (χ2n) is 4.15. The van der Waals surface area contributed by atoms with Gasteiger partial charge in [-0.1, -0.05) is 30.3 Å². The van der Waals surface area contributed by atoms with Gasteiger partial charge in [0.15, 0.2) is 0 Å². The summed E-state index contributed by atoms with van der Waals surface area (Å²) in [5.41, 5.74) is 5.81. The molecule has 0 radical (unpaired) electrons. The molecule has 1 nitrogen and oxygen atoms in total. The summed E-state index contributed by atoms with van der Waals surface area (Å²) in [6.07, 6.45) is 4.40. The van der Waals surface area contributed by atoms with Gasteiger partial charge in [-0.25, -0.2) is 0 Å². The molecule has 0 saturated heterocycles. The van der Waals surface area contributed by atoms with Crippen LogP contribution >= 0.6 is 0 Å². The lowest BCUT2D eigenvalue weighted by Gasteiger charge is -2.02. The highest BCUT2D eigenvalue weighted by Gasteiger charge is 1.89. The molecule has 0 amide bonds. The number of benzene rings is 1. The molecule has 1 N–H and O–H groups in total. The van der Waals surface area contributed by atoms with Gasteiger partial charge in [-0.05, 0) is 50.4 Å². The summed E-state index contributed by atoms with van der Waals surface area (Å²) in [5.74, 6) is 0. The van der Waals surface area contributed by atoms with E-state index in [2.05, 4.69) is 55.2 Å². The fourth-order valence-electron chi connectivity index (χ4n) is 1.43. The lowest BCUT2D eigenvalue weighted by molar-refractivity contribution is 0.655. The maximum Gasteiger partial charge on any atom is 0.0205 e. The Morgan fingerprint density at radius 2 is 2.00 bits per heavy atom. The van der Waals surface area contributed by atoms with Crippen molar-refractivity contribution in [3.8, 4) is 0 Å². The van der Waals surface area contributed by atoms with Gasteiger partial charge in [0.25, 0.3) is 0 Å². The molecule has 1 aromatic carbocycles. The first-order valence-corrected chi connectivity index (χ1v) is 5.92. The molecule has 1 aromatic rings. The number of hydrogen-bond acceptors (Lipinski definition) is 1. The Balaban J connectivity index is 2.07. The van der Waals surface area contributed by atoms with Crippen molar-refractivity contribution in [2.75, 3.05) is 6.54 Å². The number of unbranched alkanes of at least 4 members (excludes halogenated alkanes) is 1. The molecule has 0 aliphatic heterocycles. The molecule has 1 heteroatoms. The van der Waals surface area contributed by atoms with Gasteiger partial charge in [0.1, 0.15) is 0 Å². The van der Waals surface area contributed by atoms with E-state index in [0.717, 1.165) is 19.5 Å². The van der Waals surface area contributed by atoms with Crippen LogP contribution in [0.3, 0.4) is 0 Å². The summed E-state index contributed by atoms with van der Waals surface area (Å²) in [7, 11) is 0. The minimum absolute atomic E-state index is 0.965. The van der Waals surface area contributed by atoms with Crippen LogP contribution in [0.5, 0.6) is 0 Å². The number of hydrogen-bond donors (Lipinski definition) is 1. The topological polar surface area (TPSA) is 12.0 Å². The van der Waals surface area contributed by atoms with Gasteiger partial charge >= 0.3 is 0 Å². The van der Waals surface area contributed by atoms with Crippen LogP contribution in [0.4, 0.5) is 0 Å².